The quantitative estimate of drug-likeness (QED) is 0.919. The molecule has 0 aliphatic carbocycles. The van der Waals surface area contributed by atoms with Crippen molar-refractivity contribution in [1.29, 1.82) is 0 Å². The van der Waals surface area contributed by atoms with Crippen molar-refractivity contribution >= 4 is 17.7 Å². The first-order valence-corrected chi connectivity index (χ1v) is 7.66. The van der Waals surface area contributed by atoms with Crippen LogP contribution in [0, 0.1) is 5.41 Å². The second kappa shape index (κ2) is 6.08. The molecule has 124 valence electrons. The Morgan fingerprint density at radius 2 is 1.74 bits per heavy atom. The Morgan fingerprint density at radius 3 is 2.30 bits per heavy atom. The van der Waals surface area contributed by atoms with E-state index in [1.54, 1.807) is 7.11 Å². The average molecular weight is 320 g/mol. The predicted octanol–water partition coefficient (Wildman–Crippen LogP) is 2.12. The van der Waals surface area contributed by atoms with Crippen LogP contribution < -0.4 is 9.64 Å². The zero-order valence-corrected chi connectivity index (χ0v) is 13.0. The number of hydroxylamine groups is 2. The number of methoxy groups -OCH3 is 1. The number of carbonyl (C=O) groups excluding carboxylic acids is 1. The summed E-state index contributed by atoms with van der Waals surface area (Å²) in [6.45, 7) is 1.59. The minimum Gasteiger partial charge on any atom is -0.497 e. The minimum absolute atomic E-state index is 0.123. The van der Waals surface area contributed by atoms with Gasteiger partial charge in [0.1, 0.15) is 5.75 Å². The number of carboxylic acid groups (broad SMARTS) is 1. The predicted molar refractivity (Wildman–Crippen MR) is 82.3 cm³/mol. The van der Waals surface area contributed by atoms with Crippen LogP contribution in [0.25, 0.3) is 0 Å². The van der Waals surface area contributed by atoms with Gasteiger partial charge < -0.3 is 19.6 Å². The van der Waals surface area contributed by atoms with E-state index in [0.29, 0.717) is 32.5 Å². The van der Waals surface area contributed by atoms with Gasteiger partial charge in [0.15, 0.2) is 0 Å². The van der Waals surface area contributed by atoms with E-state index < -0.39 is 11.6 Å². The standard InChI is InChI=1S/C16H20N2O5/c1-22-13-4-2-12(3-5-13)18-11-8-16(14(18)19)6-9-17(10-7-16)23-15(20)21/h2-5H,6-11H2,1H3,(H,20,21). The number of benzene rings is 1. The topological polar surface area (TPSA) is 79.3 Å². The number of hydrogen-bond donors (Lipinski definition) is 1. The molecule has 0 bridgehead atoms. The third-order valence-electron chi connectivity index (χ3n) is 4.78. The summed E-state index contributed by atoms with van der Waals surface area (Å²) in [5, 5.41) is 10.1. The van der Waals surface area contributed by atoms with Crippen LogP contribution in [0.1, 0.15) is 19.3 Å². The third-order valence-corrected chi connectivity index (χ3v) is 4.78. The van der Waals surface area contributed by atoms with Gasteiger partial charge in [-0.3, -0.25) is 4.79 Å². The fourth-order valence-electron chi connectivity index (χ4n) is 3.41. The molecular formula is C16H20N2O5. The number of ether oxygens (including phenoxy) is 1. The van der Waals surface area contributed by atoms with Crippen LogP contribution in [0.3, 0.4) is 0 Å². The maximum Gasteiger partial charge on any atom is 0.525 e. The molecule has 7 nitrogen and oxygen atoms in total. The van der Waals surface area contributed by atoms with Crippen LogP contribution in [0.15, 0.2) is 24.3 Å². The lowest BCUT2D eigenvalue weighted by molar-refractivity contribution is -0.153. The maximum absolute atomic E-state index is 12.9. The molecule has 0 atom stereocenters. The SMILES string of the molecule is COc1ccc(N2CCC3(CCN(OC(=O)O)CC3)C2=O)cc1. The highest BCUT2D eigenvalue weighted by Gasteiger charge is 2.49. The summed E-state index contributed by atoms with van der Waals surface area (Å²) >= 11 is 0. The second-order valence-electron chi connectivity index (χ2n) is 5.97. The molecule has 7 heteroatoms. The third kappa shape index (κ3) is 2.96. The van der Waals surface area contributed by atoms with Gasteiger partial charge in [-0.2, -0.15) is 0 Å². The molecule has 2 aliphatic heterocycles. The lowest BCUT2D eigenvalue weighted by Gasteiger charge is -2.36. The molecule has 1 N–H and O–H groups in total. The number of carbonyl (C=O) groups is 2. The van der Waals surface area contributed by atoms with Crippen LogP contribution in [-0.2, 0) is 9.63 Å². The van der Waals surface area contributed by atoms with Gasteiger partial charge in [0.2, 0.25) is 5.91 Å². The molecule has 2 saturated heterocycles. The van der Waals surface area contributed by atoms with Crippen molar-refractivity contribution < 1.29 is 24.3 Å². The Morgan fingerprint density at radius 1 is 1.13 bits per heavy atom. The Bertz CT molecular complexity index is 593. The summed E-state index contributed by atoms with van der Waals surface area (Å²) in [5.41, 5.74) is 0.482. The molecule has 0 radical (unpaired) electrons. The van der Waals surface area contributed by atoms with E-state index in [-0.39, 0.29) is 5.91 Å². The molecule has 1 amide bonds. The van der Waals surface area contributed by atoms with Crippen LogP contribution in [0.2, 0.25) is 0 Å². The molecule has 0 saturated carbocycles. The molecule has 23 heavy (non-hydrogen) atoms. The summed E-state index contributed by atoms with van der Waals surface area (Å²) in [6, 6.07) is 7.46. The van der Waals surface area contributed by atoms with Gasteiger partial charge in [0.05, 0.1) is 12.5 Å². The largest absolute Gasteiger partial charge is 0.525 e. The van der Waals surface area contributed by atoms with Crippen molar-refractivity contribution in [3.63, 3.8) is 0 Å². The van der Waals surface area contributed by atoms with Gasteiger partial charge >= 0.3 is 6.16 Å². The number of hydrogen-bond acceptors (Lipinski definition) is 5. The van der Waals surface area contributed by atoms with E-state index in [1.165, 1.54) is 5.06 Å². The van der Waals surface area contributed by atoms with Crippen LogP contribution in [-0.4, -0.2) is 49.0 Å². The molecule has 1 aromatic carbocycles. The van der Waals surface area contributed by atoms with E-state index in [1.807, 2.05) is 29.2 Å². The first-order valence-electron chi connectivity index (χ1n) is 7.66. The second-order valence-corrected chi connectivity index (χ2v) is 5.97. The number of anilines is 1. The van der Waals surface area contributed by atoms with Crippen molar-refractivity contribution in [3.05, 3.63) is 24.3 Å². The maximum atomic E-state index is 12.9. The lowest BCUT2D eigenvalue weighted by Crippen LogP contribution is -2.45. The van der Waals surface area contributed by atoms with Gasteiger partial charge in [0, 0.05) is 25.3 Å². The molecule has 1 aromatic rings. The summed E-state index contributed by atoms with van der Waals surface area (Å²) < 4.78 is 5.14. The van der Waals surface area contributed by atoms with Crippen LogP contribution >= 0.6 is 0 Å². The number of rotatable bonds is 3. The van der Waals surface area contributed by atoms with Gasteiger partial charge in [0.25, 0.3) is 0 Å². The highest BCUT2D eigenvalue weighted by Crippen LogP contribution is 2.43. The number of piperidine rings is 1. The highest BCUT2D eigenvalue weighted by molar-refractivity contribution is 6.00. The molecule has 2 fully saturated rings. The first kappa shape index (κ1) is 15.6. The van der Waals surface area contributed by atoms with Crippen LogP contribution in [0.4, 0.5) is 10.5 Å². The van der Waals surface area contributed by atoms with Crippen LogP contribution in [0.5, 0.6) is 5.75 Å². The fourth-order valence-corrected chi connectivity index (χ4v) is 3.41. The lowest BCUT2D eigenvalue weighted by atomic mass is 9.77. The fraction of sp³-hybridized carbons (Fsp3) is 0.500. The normalized spacial score (nSPS) is 20.7. The smallest absolute Gasteiger partial charge is 0.497 e. The van der Waals surface area contributed by atoms with E-state index in [0.717, 1.165) is 17.9 Å². The molecule has 2 heterocycles. The molecule has 1 spiro atoms. The molecule has 0 unspecified atom stereocenters. The van der Waals surface area contributed by atoms with E-state index in [4.69, 9.17) is 9.84 Å². The summed E-state index contributed by atoms with van der Waals surface area (Å²) in [5.74, 6) is 0.881. The molecule has 3 rings (SSSR count). The van der Waals surface area contributed by atoms with Crippen molar-refractivity contribution in [1.82, 2.24) is 5.06 Å². The highest BCUT2D eigenvalue weighted by atomic mass is 16.8. The van der Waals surface area contributed by atoms with Crippen molar-refractivity contribution in [2.24, 2.45) is 5.41 Å². The van der Waals surface area contributed by atoms with Gasteiger partial charge in [-0.05, 0) is 43.5 Å². The summed E-state index contributed by atoms with van der Waals surface area (Å²) in [6.07, 6.45) is 0.717. The van der Waals surface area contributed by atoms with Crippen molar-refractivity contribution in [2.45, 2.75) is 19.3 Å². The Labute approximate surface area is 134 Å². The zero-order chi connectivity index (χ0) is 16.4. The first-order chi connectivity index (χ1) is 11.0. The minimum atomic E-state index is -1.31. The van der Waals surface area contributed by atoms with E-state index >= 15 is 0 Å². The zero-order valence-electron chi connectivity index (χ0n) is 13.0. The Hall–Kier alpha value is -2.28. The summed E-state index contributed by atoms with van der Waals surface area (Å²) in [4.78, 5) is 30.0. The average Bonchev–Trinajstić information content (AvgIpc) is 2.86. The molecule has 0 aromatic heterocycles. The monoisotopic (exact) mass is 320 g/mol. The van der Waals surface area contributed by atoms with Gasteiger partial charge in [-0.1, -0.05) is 0 Å². The molecular weight excluding hydrogens is 300 g/mol. The number of nitrogens with zero attached hydrogens (tertiary/aromatic N) is 2. The van der Waals surface area contributed by atoms with E-state index in [9.17, 15) is 9.59 Å². The van der Waals surface area contributed by atoms with Crippen molar-refractivity contribution in [3.8, 4) is 5.75 Å². The number of amides is 1. The van der Waals surface area contributed by atoms with E-state index in [2.05, 4.69) is 4.84 Å². The van der Waals surface area contributed by atoms with Gasteiger partial charge in [-0.15, -0.1) is 5.06 Å². The molecule has 2 aliphatic rings. The van der Waals surface area contributed by atoms with Crippen molar-refractivity contribution in [2.75, 3.05) is 31.6 Å². The summed E-state index contributed by atoms with van der Waals surface area (Å²) in [7, 11) is 1.61. The Kier molecular flexibility index (Phi) is 4.12. The Balaban J connectivity index is 1.68. The van der Waals surface area contributed by atoms with Gasteiger partial charge in [-0.25, -0.2) is 4.79 Å².